The highest BCUT2D eigenvalue weighted by Gasteiger charge is 2.28. The molecule has 10 heteroatoms. The Morgan fingerprint density at radius 1 is 1.00 bits per heavy atom. The molecular formula is C24H28N4O4S2. The van der Waals surface area contributed by atoms with E-state index in [1.165, 1.54) is 26.7 Å². The Morgan fingerprint density at radius 2 is 1.71 bits per heavy atom. The first-order valence-corrected chi connectivity index (χ1v) is 13.8. The standard InChI is InChI=1S/C24H28N4O4S2/c1-2-18-3-8-21-22(17-18)33-24(25-21)27-11-9-26(10-12-27)23(29)19-4-6-20(7-5-19)34(30,31)28-13-15-32-16-14-28/h3-8,17H,2,9-16H2,1H3. The van der Waals surface area contributed by atoms with Crippen LogP contribution in [0.15, 0.2) is 47.4 Å². The van der Waals surface area contributed by atoms with Crippen LogP contribution >= 0.6 is 11.3 Å². The molecule has 0 saturated carbocycles. The predicted molar refractivity (Wildman–Crippen MR) is 133 cm³/mol. The number of carbonyl (C=O) groups excluding carboxylic acids is 1. The maximum Gasteiger partial charge on any atom is 0.253 e. The van der Waals surface area contributed by atoms with E-state index < -0.39 is 10.0 Å². The van der Waals surface area contributed by atoms with Crippen LogP contribution in [0.1, 0.15) is 22.8 Å². The first-order chi connectivity index (χ1) is 16.5. The van der Waals surface area contributed by atoms with Gasteiger partial charge in [0.1, 0.15) is 0 Å². The summed E-state index contributed by atoms with van der Waals surface area (Å²) in [5.74, 6) is -0.0770. The monoisotopic (exact) mass is 500 g/mol. The van der Waals surface area contributed by atoms with E-state index in [-0.39, 0.29) is 10.8 Å². The van der Waals surface area contributed by atoms with Crippen molar-refractivity contribution < 1.29 is 17.9 Å². The highest BCUT2D eigenvalue weighted by Crippen LogP contribution is 2.30. The maximum absolute atomic E-state index is 13.0. The summed E-state index contributed by atoms with van der Waals surface area (Å²) in [6.45, 7) is 6.29. The van der Waals surface area contributed by atoms with Crippen LogP contribution < -0.4 is 4.90 Å². The lowest BCUT2D eigenvalue weighted by atomic mass is 10.2. The molecule has 0 N–H and O–H groups in total. The molecule has 2 saturated heterocycles. The lowest BCUT2D eigenvalue weighted by molar-refractivity contribution is 0.0730. The third-order valence-electron chi connectivity index (χ3n) is 6.40. The number of hydrogen-bond donors (Lipinski definition) is 0. The van der Waals surface area contributed by atoms with E-state index in [4.69, 9.17) is 9.72 Å². The fraction of sp³-hybridized carbons (Fsp3) is 0.417. The molecule has 34 heavy (non-hydrogen) atoms. The zero-order chi connectivity index (χ0) is 23.7. The molecular weight excluding hydrogens is 472 g/mol. The largest absolute Gasteiger partial charge is 0.379 e. The smallest absolute Gasteiger partial charge is 0.253 e. The number of nitrogens with zero attached hydrogens (tertiary/aromatic N) is 4. The van der Waals surface area contributed by atoms with Gasteiger partial charge in [0.25, 0.3) is 5.91 Å². The second kappa shape index (κ2) is 9.61. The van der Waals surface area contributed by atoms with Crippen LogP contribution in [0.5, 0.6) is 0 Å². The number of thiazole rings is 1. The quantitative estimate of drug-likeness (QED) is 0.536. The number of piperazine rings is 1. The molecule has 180 valence electrons. The molecule has 2 aliphatic rings. The lowest BCUT2D eigenvalue weighted by Gasteiger charge is -2.34. The van der Waals surface area contributed by atoms with E-state index in [9.17, 15) is 13.2 Å². The highest BCUT2D eigenvalue weighted by atomic mass is 32.2. The average molecular weight is 501 g/mol. The van der Waals surface area contributed by atoms with Crippen molar-refractivity contribution in [3.05, 3.63) is 53.6 Å². The summed E-state index contributed by atoms with van der Waals surface area (Å²) in [6, 6.07) is 12.7. The van der Waals surface area contributed by atoms with Crippen LogP contribution in [-0.4, -0.2) is 81.0 Å². The number of aryl methyl sites for hydroxylation is 1. The SMILES string of the molecule is CCc1ccc2nc(N3CCN(C(=O)c4ccc(S(=O)(=O)N5CCOCC5)cc4)CC3)sc2c1. The summed E-state index contributed by atoms with van der Waals surface area (Å²) in [4.78, 5) is 22.1. The van der Waals surface area contributed by atoms with Gasteiger partial charge in [-0.05, 0) is 48.4 Å². The molecule has 0 radical (unpaired) electrons. The van der Waals surface area contributed by atoms with Gasteiger partial charge < -0.3 is 14.5 Å². The average Bonchev–Trinajstić information content (AvgIpc) is 3.32. The number of carbonyl (C=O) groups is 1. The topological polar surface area (TPSA) is 83.1 Å². The van der Waals surface area contributed by atoms with Crippen LogP contribution in [0.2, 0.25) is 0 Å². The third-order valence-corrected chi connectivity index (χ3v) is 9.39. The van der Waals surface area contributed by atoms with Crippen molar-refractivity contribution in [2.75, 3.05) is 57.4 Å². The highest BCUT2D eigenvalue weighted by molar-refractivity contribution is 7.89. The van der Waals surface area contributed by atoms with Crippen molar-refractivity contribution in [1.82, 2.24) is 14.2 Å². The summed E-state index contributed by atoms with van der Waals surface area (Å²) in [6.07, 6.45) is 1.00. The summed E-state index contributed by atoms with van der Waals surface area (Å²) in [7, 11) is -3.57. The van der Waals surface area contributed by atoms with Crippen LogP contribution in [-0.2, 0) is 21.2 Å². The van der Waals surface area contributed by atoms with Gasteiger partial charge in [0.2, 0.25) is 10.0 Å². The van der Waals surface area contributed by atoms with Gasteiger partial charge in [0.05, 0.1) is 28.3 Å². The van der Waals surface area contributed by atoms with E-state index in [0.717, 1.165) is 30.2 Å². The van der Waals surface area contributed by atoms with Gasteiger partial charge in [-0.15, -0.1) is 0 Å². The Balaban J connectivity index is 1.22. The minimum atomic E-state index is -3.57. The molecule has 3 aromatic rings. The predicted octanol–water partition coefficient (Wildman–Crippen LogP) is 2.84. The van der Waals surface area contributed by atoms with E-state index >= 15 is 0 Å². The number of anilines is 1. The second-order valence-corrected chi connectivity index (χ2v) is 11.4. The number of hydrogen-bond acceptors (Lipinski definition) is 7. The van der Waals surface area contributed by atoms with Gasteiger partial charge in [0, 0.05) is 44.8 Å². The minimum Gasteiger partial charge on any atom is -0.379 e. The first-order valence-electron chi connectivity index (χ1n) is 11.6. The van der Waals surface area contributed by atoms with Crippen molar-refractivity contribution in [2.45, 2.75) is 18.2 Å². The zero-order valence-electron chi connectivity index (χ0n) is 19.1. The van der Waals surface area contributed by atoms with Crippen molar-refractivity contribution >= 4 is 42.6 Å². The van der Waals surface area contributed by atoms with Gasteiger partial charge in [-0.2, -0.15) is 4.31 Å². The number of morpholine rings is 1. The minimum absolute atomic E-state index is 0.0770. The van der Waals surface area contributed by atoms with E-state index in [2.05, 4.69) is 30.0 Å². The molecule has 5 rings (SSSR count). The lowest BCUT2D eigenvalue weighted by Crippen LogP contribution is -2.48. The molecule has 1 amide bonds. The van der Waals surface area contributed by atoms with E-state index in [0.29, 0.717) is 45.0 Å². The fourth-order valence-corrected chi connectivity index (χ4v) is 6.79. The molecule has 8 nitrogen and oxygen atoms in total. The summed E-state index contributed by atoms with van der Waals surface area (Å²) >= 11 is 1.70. The van der Waals surface area contributed by atoms with E-state index in [1.54, 1.807) is 23.5 Å². The van der Waals surface area contributed by atoms with Crippen molar-refractivity contribution in [2.24, 2.45) is 0 Å². The summed E-state index contributed by atoms with van der Waals surface area (Å²) in [5, 5.41) is 0.994. The Bertz CT molecular complexity index is 1280. The third kappa shape index (κ3) is 4.55. The molecule has 0 unspecified atom stereocenters. The fourth-order valence-electron chi connectivity index (χ4n) is 4.30. The number of rotatable bonds is 5. The molecule has 2 aliphatic heterocycles. The summed E-state index contributed by atoms with van der Waals surface area (Å²) < 4.78 is 33.5. The van der Waals surface area contributed by atoms with Crippen LogP contribution in [0, 0.1) is 0 Å². The number of ether oxygens (including phenoxy) is 1. The Labute approximate surface area is 203 Å². The number of amides is 1. The van der Waals surface area contributed by atoms with Crippen molar-refractivity contribution in [3.63, 3.8) is 0 Å². The Morgan fingerprint density at radius 3 is 2.38 bits per heavy atom. The van der Waals surface area contributed by atoms with Gasteiger partial charge in [0.15, 0.2) is 5.13 Å². The Kier molecular flexibility index (Phi) is 6.57. The maximum atomic E-state index is 13.0. The van der Waals surface area contributed by atoms with Gasteiger partial charge in [-0.1, -0.05) is 24.3 Å². The summed E-state index contributed by atoms with van der Waals surface area (Å²) in [5.41, 5.74) is 2.83. The van der Waals surface area contributed by atoms with Crippen LogP contribution in [0.3, 0.4) is 0 Å². The number of aromatic nitrogens is 1. The molecule has 0 spiro atoms. The second-order valence-electron chi connectivity index (χ2n) is 8.47. The van der Waals surface area contributed by atoms with Crippen molar-refractivity contribution in [3.8, 4) is 0 Å². The van der Waals surface area contributed by atoms with Gasteiger partial charge in [-0.3, -0.25) is 4.79 Å². The molecule has 2 aromatic carbocycles. The number of sulfonamides is 1. The van der Waals surface area contributed by atoms with Crippen LogP contribution in [0.25, 0.3) is 10.2 Å². The van der Waals surface area contributed by atoms with Gasteiger partial charge in [-0.25, -0.2) is 13.4 Å². The molecule has 3 heterocycles. The molecule has 0 aliphatic carbocycles. The number of benzene rings is 2. The van der Waals surface area contributed by atoms with Crippen molar-refractivity contribution in [1.29, 1.82) is 0 Å². The Hall–Kier alpha value is -2.53. The van der Waals surface area contributed by atoms with Gasteiger partial charge >= 0.3 is 0 Å². The van der Waals surface area contributed by atoms with Crippen LogP contribution in [0.4, 0.5) is 5.13 Å². The first kappa shape index (κ1) is 23.2. The van der Waals surface area contributed by atoms with E-state index in [1.807, 2.05) is 4.90 Å². The zero-order valence-corrected chi connectivity index (χ0v) is 20.8. The number of fused-ring (bicyclic) bond motifs is 1. The molecule has 1 aromatic heterocycles. The molecule has 0 atom stereocenters. The molecule has 2 fully saturated rings. The normalized spacial score (nSPS) is 17.9. The molecule has 0 bridgehead atoms.